The number of para-hydroxylation sites is 1. The maximum Gasteiger partial charge on any atom is 0.269 e. The predicted molar refractivity (Wildman–Crippen MR) is 124 cm³/mol. The first kappa shape index (κ1) is 24.9. The maximum absolute atomic E-state index is 13.9. The van der Waals surface area contributed by atoms with Gasteiger partial charge >= 0.3 is 0 Å². The molecule has 3 aromatic rings. The van der Waals surface area contributed by atoms with Crippen molar-refractivity contribution in [3.8, 4) is 11.5 Å². The molecule has 0 radical (unpaired) electrons. The third-order valence-corrected chi connectivity index (χ3v) is 4.63. The Hall–Kier alpha value is -3.36. The summed E-state index contributed by atoms with van der Waals surface area (Å²) in [5.74, 6) is 0.845. The van der Waals surface area contributed by atoms with Gasteiger partial charge in [-0.25, -0.2) is 4.39 Å². The summed E-state index contributed by atoms with van der Waals surface area (Å²) in [6, 6.07) is 18.4. The quantitative estimate of drug-likeness (QED) is 0.239. The van der Waals surface area contributed by atoms with Gasteiger partial charge < -0.3 is 20.1 Å². The fraction of sp³-hybridized carbons (Fsp3) is 0.217. The maximum atomic E-state index is 13.9. The van der Waals surface area contributed by atoms with E-state index < -0.39 is 4.92 Å². The van der Waals surface area contributed by atoms with Gasteiger partial charge in [0.05, 0.1) is 12.0 Å². The summed E-state index contributed by atoms with van der Waals surface area (Å²) in [6.07, 6.45) is 0. The van der Waals surface area contributed by atoms with Crippen molar-refractivity contribution in [3.63, 3.8) is 0 Å². The molecule has 7 nitrogen and oxygen atoms in total. The number of benzene rings is 3. The van der Waals surface area contributed by atoms with Gasteiger partial charge in [0, 0.05) is 48.6 Å². The van der Waals surface area contributed by atoms with Crippen LogP contribution in [0.1, 0.15) is 11.1 Å². The van der Waals surface area contributed by atoms with Crippen molar-refractivity contribution in [1.29, 1.82) is 0 Å². The van der Waals surface area contributed by atoms with Gasteiger partial charge in [-0.15, -0.1) is 12.4 Å². The monoisotopic (exact) mass is 461 g/mol. The number of non-ortho nitro benzene ring substituents is 1. The normalized spacial score (nSPS) is 10.2. The second-order valence-electron chi connectivity index (χ2n) is 6.74. The number of methoxy groups -OCH3 is 1. The number of rotatable bonds is 11. The highest BCUT2D eigenvalue weighted by molar-refractivity contribution is 5.85. The van der Waals surface area contributed by atoms with Crippen LogP contribution in [0.2, 0.25) is 0 Å². The van der Waals surface area contributed by atoms with Crippen LogP contribution in [0.5, 0.6) is 11.5 Å². The fourth-order valence-electron chi connectivity index (χ4n) is 3.01. The van der Waals surface area contributed by atoms with Crippen molar-refractivity contribution in [2.24, 2.45) is 0 Å². The molecule has 0 aromatic heterocycles. The molecular formula is C23H25ClFN3O4. The summed E-state index contributed by atoms with van der Waals surface area (Å²) >= 11 is 0. The zero-order valence-corrected chi connectivity index (χ0v) is 18.4. The van der Waals surface area contributed by atoms with E-state index in [2.05, 4.69) is 10.6 Å². The summed E-state index contributed by atoms with van der Waals surface area (Å²) in [4.78, 5) is 10.3. The highest BCUT2D eigenvalue weighted by Gasteiger charge is 2.12. The van der Waals surface area contributed by atoms with Gasteiger partial charge in [-0.1, -0.05) is 30.3 Å². The molecule has 0 atom stereocenters. The van der Waals surface area contributed by atoms with E-state index in [0.717, 1.165) is 11.3 Å². The SMILES string of the molecule is COc1cccc(CNCCNc2ccc([N+](=O)[O-])cc2)c1OCc1ccccc1F.Cl. The van der Waals surface area contributed by atoms with Crippen molar-refractivity contribution in [1.82, 2.24) is 5.32 Å². The average molecular weight is 462 g/mol. The van der Waals surface area contributed by atoms with E-state index in [9.17, 15) is 14.5 Å². The molecule has 0 bridgehead atoms. The minimum absolute atomic E-state index is 0. The molecule has 2 N–H and O–H groups in total. The molecule has 3 aromatic carbocycles. The standard InChI is InChI=1S/C23H24FN3O4.ClH/c1-30-22-8-4-6-17(23(22)31-16-18-5-2-3-7-21(18)24)15-25-13-14-26-19-9-11-20(12-10-19)27(28)29;/h2-12,25-26H,13-16H2,1H3;1H. The molecule has 32 heavy (non-hydrogen) atoms. The van der Waals surface area contributed by atoms with Gasteiger partial charge in [-0.05, 0) is 24.3 Å². The first-order chi connectivity index (χ1) is 15.1. The highest BCUT2D eigenvalue weighted by Crippen LogP contribution is 2.32. The Kier molecular flexibility index (Phi) is 9.72. The molecule has 0 aliphatic rings. The van der Waals surface area contributed by atoms with E-state index in [1.807, 2.05) is 12.1 Å². The Morgan fingerprint density at radius 1 is 0.969 bits per heavy atom. The summed E-state index contributed by atoms with van der Waals surface area (Å²) in [5, 5.41) is 17.2. The van der Waals surface area contributed by atoms with Crippen LogP contribution in [0.15, 0.2) is 66.7 Å². The van der Waals surface area contributed by atoms with Gasteiger partial charge in [0.25, 0.3) is 5.69 Å². The lowest BCUT2D eigenvalue weighted by molar-refractivity contribution is -0.384. The molecule has 170 valence electrons. The second kappa shape index (κ2) is 12.5. The first-order valence-corrected chi connectivity index (χ1v) is 9.79. The minimum Gasteiger partial charge on any atom is -0.493 e. The molecule has 0 aliphatic heterocycles. The van der Waals surface area contributed by atoms with Gasteiger partial charge in [0.15, 0.2) is 11.5 Å². The van der Waals surface area contributed by atoms with E-state index in [1.165, 1.54) is 18.2 Å². The molecule has 3 rings (SSSR count). The summed E-state index contributed by atoms with van der Waals surface area (Å²) < 4.78 is 25.2. The van der Waals surface area contributed by atoms with Crippen molar-refractivity contribution < 1.29 is 18.8 Å². The lowest BCUT2D eigenvalue weighted by atomic mass is 10.1. The third kappa shape index (κ3) is 6.83. The zero-order chi connectivity index (χ0) is 22.1. The topological polar surface area (TPSA) is 85.7 Å². The second-order valence-corrected chi connectivity index (χ2v) is 6.74. The molecule has 0 unspecified atom stereocenters. The van der Waals surface area contributed by atoms with Gasteiger partial charge in [0.1, 0.15) is 12.4 Å². The Balaban J connectivity index is 0.00000363. The number of nitrogens with zero attached hydrogens (tertiary/aromatic N) is 1. The number of nitrogens with one attached hydrogen (secondary N) is 2. The van der Waals surface area contributed by atoms with Crippen LogP contribution in [0.3, 0.4) is 0 Å². The van der Waals surface area contributed by atoms with E-state index in [-0.39, 0.29) is 30.5 Å². The van der Waals surface area contributed by atoms with Gasteiger partial charge in [-0.2, -0.15) is 0 Å². The first-order valence-electron chi connectivity index (χ1n) is 9.79. The zero-order valence-electron chi connectivity index (χ0n) is 17.5. The Morgan fingerprint density at radius 2 is 1.69 bits per heavy atom. The number of halogens is 2. The van der Waals surface area contributed by atoms with Gasteiger partial charge in [0.2, 0.25) is 0 Å². The molecule has 0 fully saturated rings. The van der Waals surface area contributed by atoms with E-state index >= 15 is 0 Å². The van der Waals surface area contributed by atoms with Crippen molar-refractivity contribution in [3.05, 3.63) is 93.8 Å². The molecule has 0 spiro atoms. The molecular weight excluding hydrogens is 437 g/mol. The van der Waals surface area contributed by atoms with Crippen molar-refractivity contribution in [2.45, 2.75) is 13.2 Å². The Morgan fingerprint density at radius 3 is 2.38 bits per heavy atom. The number of anilines is 1. The third-order valence-electron chi connectivity index (χ3n) is 4.63. The summed E-state index contributed by atoms with van der Waals surface area (Å²) in [7, 11) is 1.57. The number of nitro groups is 1. The van der Waals surface area contributed by atoms with E-state index in [4.69, 9.17) is 9.47 Å². The largest absolute Gasteiger partial charge is 0.493 e. The molecule has 0 heterocycles. The van der Waals surface area contributed by atoms with Crippen LogP contribution >= 0.6 is 12.4 Å². The van der Waals surface area contributed by atoms with Crippen LogP contribution in [0, 0.1) is 15.9 Å². The summed E-state index contributed by atoms with van der Waals surface area (Å²) in [6.45, 7) is 1.92. The number of hydrogen-bond acceptors (Lipinski definition) is 6. The molecule has 0 amide bonds. The molecule has 9 heteroatoms. The smallest absolute Gasteiger partial charge is 0.269 e. The highest BCUT2D eigenvalue weighted by atomic mass is 35.5. The molecule has 0 aliphatic carbocycles. The van der Waals surface area contributed by atoms with Crippen LogP contribution in [-0.2, 0) is 13.2 Å². The lowest BCUT2D eigenvalue weighted by Gasteiger charge is -2.16. The van der Waals surface area contributed by atoms with Crippen LogP contribution in [0.25, 0.3) is 0 Å². The number of nitro benzene ring substituents is 1. The Bertz CT molecular complexity index is 1020. The van der Waals surface area contributed by atoms with Crippen LogP contribution < -0.4 is 20.1 Å². The number of ether oxygens (including phenoxy) is 2. The number of hydrogen-bond donors (Lipinski definition) is 2. The van der Waals surface area contributed by atoms with Crippen LogP contribution in [-0.4, -0.2) is 25.1 Å². The van der Waals surface area contributed by atoms with Gasteiger partial charge in [-0.3, -0.25) is 10.1 Å². The van der Waals surface area contributed by atoms with Crippen molar-refractivity contribution in [2.75, 3.05) is 25.5 Å². The van der Waals surface area contributed by atoms with Crippen LogP contribution in [0.4, 0.5) is 15.8 Å². The fourth-order valence-corrected chi connectivity index (χ4v) is 3.01. The van der Waals surface area contributed by atoms with E-state index in [0.29, 0.717) is 36.7 Å². The Labute approximate surface area is 192 Å². The lowest BCUT2D eigenvalue weighted by Crippen LogP contribution is -2.22. The summed E-state index contributed by atoms with van der Waals surface area (Å²) in [5.41, 5.74) is 2.23. The van der Waals surface area contributed by atoms with Crippen molar-refractivity contribution >= 4 is 23.8 Å². The minimum atomic E-state index is -0.425. The average Bonchev–Trinajstić information content (AvgIpc) is 2.79. The molecule has 0 saturated heterocycles. The molecule has 0 saturated carbocycles. The predicted octanol–water partition coefficient (Wildman–Crippen LogP) is 4.95. The van der Waals surface area contributed by atoms with E-state index in [1.54, 1.807) is 43.5 Å².